The summed E-state index contributed by atoms with van der Waals surface area (Å²) in [6.07, 6.45) is 1.72. The van der Waals surface area contributed by atoms with Gasteiger partial charge in [0.1, 0.15) is 5.82 Å². The van der Waals surface area contributed by atoms with Crippen molar-refractivity contribution in [2.45, 2.75) is 6.04 Å². The van der Waals surface area contributed by atoms with Crippen molar-refractivity contribution in [1.82, 2.24) is 4.98 Å². The number of hydrogen-bond donors (Lipinski definition) is 1. The molecule has 0 fully saturated rings. The highest BCUT2D eigenvalue weighted by Gasteiger charge is 2.14. The molecule has 1 unspecified atom stereocenters. The van der Waals surface area contributed by atoms with E-state index >= 15 is 0 Å². The van der Waals surface area contributed by atoms with Gasteiger partial charge in [0.05, 0.1) is 16.6 Å². The van der Waals surface area contributed by atoms with Crippen molar-refractivity contribution in [2.75, 3.05) is 0 Å². The highest BCUT2D eigenvalue weighted by atomic mass is 35.5. The van der Waals surface area contributed by atoms with Gasteiger partial charge in [-0.25, -0.2) is 4.39 Å². The van der Waals surface area contributed by atoms with Crippen LogP contribution in [0.15, 0.2) is 54.7 Å². The van der Waals surface area contributed by atoms with Gasteiger partial charge in [-0.1, -0.05) is 41.9 Å². The van der Waals surface area contributed by atoms with Crippen LogP contribution in [0.25, 0.3) is 10.9 Å². The van der Waals surface area contributed by atoms with Gasteiger partial charge in [-0.3, -0.25) is 4.98 Å². The van der Waals surface area contributed by atoms with E-state index in [4.69, 9.17) is 17.3 Å². The SMILES string of the molecule is NC(c1ccc(Cl)c(F)c1)c1cccc2cccnc12. The number of halogens is 2. The normalized spacial score (nSPS) is 12.6. The van der Waals surface area contributed by atoms with Crippen LogP contribution in [0.3, 0.4) is 0 Å². The molecule has 4 heteroatoms. The third-order valence-electron chi connectivity index (χ3n) is 3.30. The number of hydrogen-bond acceptors (Lipinski definition) is 2. The third-order valence-corrected chi connectivity index (χ3v) is 3.61. The van der Waals surface area contributed by atoms with Crippen LogP contribution in [0.5, 0.6) is 0 Å². The fraction of sp³-hybridized carbons (Fsp3) is 0.0625. The highest BCUT2D eigenvalue weighted by molar-refractivity contribution is 6.30. The molecule has 0 aliphatic heterocycles. The van der Waals surface area contributed by atoms with Gasteiger partial charge in [-0.05, 0) is 29.3 Å². The fourth-order valence-electron chi connectivity index (χ4n) is 2.26. The molecule has 2 nitrogen and oxygen atoms in total. The summed E-state index contributed by atoms with van der Waals surface area (Å²) in [5, 5.41) is 1.10. The Hall–Kier alpha value is -1.97. The molecule has 3 rings (SSSR count). The summed E-state index contributed by atoms with van der Waals surface area (Å²) >= 11 is 5.70. The molecule has 0 bridgehead atoms. The summed E-state index contributed by atoms with van der Waals surface area (Å²) in [5.41, 5.74) is 8.62. The lowest BCUT2D eigenvalue weighted by atomic mass is 9.97. The van der Waals surface area contributed by atoms with E-state index in [-0.39, 0.29) is 5.02 Å². The average Bonchev–Trinajstić information content (AvgIpc) is 2.49. The van der Waals surface area contributed by atoms with E-state index in [9.17, 15) is 4.39 Å². The number of fused-ring (bicyclic) bond motifs is 1. The number of aromatic nitrogens is 1. The molecule has 0 aliphatic carbocycles. The lowest BCUT2D eigenvalue weighted by Gasteiger charge is -2.15. The maximum Gasteiger partial charge on any atom is 0.142 e. The van der Waals surface area contributed by atoms with Gasteiger partial charge in [0.2, 0.25) is 0 Å². The topological polar surface area (TPSA) is 38.9 Å². The number of rotatable bonds is 2. The van der Waals surface area contributed by atoms with E-state index < -0.39 is 11.9 Å². The Morgan fingerprint density at radius 2 is 1.90 bits per heavy atom. The average molecular weight is 287 g/mol. The first-order valence-corrected chi connectivity index (χ1v) is 6.59. The van der Waals surface area contributed by atoms with Crippen LogP contribution in [-0.4, -0.2) is 4.98 Å². The summed E-state index contributed by atoms with van der Waals surface area (Å²) in [6, 6.07) is 13.8. The van der Waals surface area contributed by atoms with Crippen LogP contribution in [0.2, 0.25) is 5.02 Å². The second-order valence-corrected chi connectivity index (χ2v) is 4.98. The summed E-state index contributed by atoms with van der Waals surface area (Å²) in [7, 11) is 0. The van der Waals surface area contributed by atoms with Crippen molar-refractivity contribution >= 4 is 22.5 Å². The van der Waals surface area contributed by atoms with E-state index in [1.807, 2.05) is 30.3 Å². The Labute approximate surface area is 121 Å². The zero-order valence-corrected chi connectivity index (χ0v) is 11.3. The van der Waals surface area contributed by atoms with Crippen LogP contribution in [0, 0.1) is 5.82 Å². The Morgan fingerprint density at radius 3 is 2.70 bits per heavy atom. The Bertz CT molecular complexity index is 768. The largest absolute Gasteiger partial charge is 0.320 e. The summed E-state index contributed by atoms with van der Waals surface area (Å²) in [5.74, 6) is -0.465. The Morgan fingerprint density at radius 1 is 1.10 bits per heavy atom. The molecule has 100 valence electrons. The maximum absolute atomic E-state index is 13.6. The molecule has 3 aromatic rings. The van der Waals surface area contributed by atoms with Crippen LogP contribution >= 0.6 is 11.6 Å². The van der Waals surface area contributed by atoms with Crippen molar-refractivity contribution in [1.29, 1.82) is 0 Å². The molecule has 1 aromatic heterocycles. The van der Waals surface area contributed by atoms with Crippen LogP contribution in [0.1, 0.15) is 17.2 Å². The van der Waals surface area contributed by atoms with Crippen molar-refractivity contribution in [2.24, 2.45) is 5.73 Å². The first-order valence-electron chi connectivity index (χ1n) is 6.21. The van der Waals surface area contributed by atoms with Gasteiger partial charge in [0.15, 0.2) is 0 Å². The highest BCUT2D eigenvalue weighted by Crippen LogP contribution is 2.27. The van der Waals surface area contributed by atoms with E-state index in [2.05, 4.69) is 4.98 Å². The Kier molecular flexibility index (Phi) is 3.38. The predicted octanol–water partition coefficient (Wildman–Crippen LogP) is 4.08. The van der Waals surface area contributed by atoms with Gasteiger partial charge in [0.25, 0.3) is 0 Å². The monoisotopic (exact) mass is 286 g/mol. The Balaban J connectivity index is 2.12. The molecule has 0 aliphatic rings. The third kappa shape index (κ3) is 2.26. The minimum Gasteiger partial charge on any atom is -0.320 e. The first-order chi connectivity index (χ1) is 9.66. The van der Waals surface area contributed by atoms with E-state index in [0.29, 0.717) is 5.56 Å². The smallest absolute Gasteiger partial charge is 0.142 e. The summed E-state index contributed by atoms with van der Waals surface area (Å²) in [6.45, 7) is 0. The van der Waals surface area contributed by atoms with Crippen LogP contribution < -0.4 is 5.73 Å². The molecular weight excluding hydrogens is 275 g/mol. The van der Waals surface area contributed by atoms with Crippen molar-refractivity contribution in [3.05, 3.63) is 76.7 Å². The molecule has 2 N–H and O–H groups in total. The molecule has 20 heavy (non-hydrogen) atoms. The molecule has 1 atom stereocenters. The van der Waals surface area contributed by atoms with Gasteiger partial charge in [-0.2, -0.15) is 0 Å². The second kappa shape index (κ2) is 5.19. The van der Waals surface area contributed by atoms with Crippen LogP contribution in [-0.2, 0) is 0 Å². The molecule has 2 aromatic carbocycles. The molecular formula is C16H12ClFN2. The van der Waals surface area contributed by atoms with Gasteiger partial charge < -0.3 is 5.73 Å². The number of pyridine rings is 1. The zero-order valence-electron chi connectivity index (χ0n) is 10.6. The summed E-state index contributed by atoms with van der Waals surface area (Å²) < 4.78 is 13.6. The van der Waals surface area contributed by atoms with E-state index in [1.54, 1.807) is 12.3 Å². The molecule has 0 saturated heterocycles. The van der Waals surface area contributed by atoms with Crippen molar-refractivity contribution in [3.8, 4) is 0 Å². The van der Waals surface area contributed by atoms with Gasteiger partial charge >= 0.3 is 0 Å². The molecule has 1 heterocycles. The number of para-hydroxylation sites is 1. The summed E-state index contributed by atoms with van der Waals surface area (Å²) in [4.78, 5) is 4.37. The molecule has 0 amide bonds. The van der Waals surface area contributed by atoms with E-state index in [0.717, 1.165) is 16.5 Å². The predicted molar refractivity (Wildman–Crippen MR) is 79.2 cm³/mol. The minimum absolute atomic E-state index is 0.0944. The van der Waals surface area contributed by atoms with Gasteiger partial charge in [0, 0.05) is 11.6 Å². The molecule has 0 saturated carbocycles. The number of nitrogens with zero attached hydrogens (tertiary/aromatic N) is 1. The standard InChI is InChI=1S/C16H12ClFN2/c17-13-7-6-11(9-14(13)18)15(19)12-5-1-3-10-4-2-8-20-16(10)12/h1-9,15H,19H2. The molecule has 0 spiro atoms. The first kappa shape index (κ1) is 13.0. The maximum atomic E-state index is 13.6. The lowest BCUT2D eigenvalue weighted by Crippen LogP contribution is -2.13. The quantitative estimate of drug-likeness (QED) is 0.771. The van der Waals surface area contributed by atoms with E-state index in [1.165, 1.54) is 12.1 Å². The fourth-order valence-corrected chi connectivity index (χ4v) is 2.38. The van der Waals surface area contributed by atoms with Crippen molar-refractivity contribution < 1.29 is 4.39 Å². The second-order valence-electron chi connectivity index (χ2n) is 4.57. The van der Waals surface area contributed by atoms with Crippen LogP contribution in [0.4, 0.5) is 4.39 Å². The molecule has 0 radical (unpaired) electrons. The minimum atomic E-state index is -0.465. The number of nitrogens with two attached hydrogens (primary N) is 1. The lowest BCUT2D eigenvalue weighted by molar-refractivity contribution is 0.624. The van der Waals surface area contributed by atoms with Crippen molar-refractivity contribution in [3.63, 3.8) is 0 Å². The number of benzene rings is 2. The van der Waals surface area contributed by atoms with Gasteiger partial charge in [-0.15, -0.1) is 0 Å². The zero-order chi connectivity index (χ0) is 14.1.